The van der Waals surface area contributed by atoms with Crippen molar-refractivity contribution in [3.8, 4) is 5.75 Å². The smallest absolute Gasteiger partial charge is 0.165 e. The molecule has 0 unspecified atom stereocenters. The van der Waals surface area contributed by atoms with Crippen LogP contribution in [0.2, 0.25) is 0 Å². The predicted molar refractivity (Wildman–Crippen MR) is 77.4 cm³/mol. The fourth-order valence-corrected chi connectivity index (χ4v) is 2.61. The minimum absolute atomic E-state index is 0.285. The van der Waals surface area contributed by atoms with Crippen LogP contribution >= 0.6 is 11.3 Å². The normalized spacial score (nSPS) is 14.5. The zero-order valence-corrected chi connectivity index (χ0v) is 12.2. The Kier molecular flexibility index (Phi) is 3.98. The van der Waals surface area contributed by atoms with Gasteiger partial charge in [0.1, 0.15) is 11.6 Å². The van der Waals surface area contributed by atoms with Crippen LogP contribution in [-0.2, 0) is 13.2 Å². The minimum Gasteiger partial charge on any atom is -0.483 e. The molecule has 1 heterocycles. The summed E-state index contributed by atoms with van der Waals surface area (Å²) in [5, 5.41) is 6.19. The molecule has 0 aliphatic heterocycles. The van der Waals surface area contributed by atoms with Crippen LogP contribution in [0.25, 0.3) is 0 Å². The summed E-state index contributed by atoms with van der Waals surface area (Å²) in [4.78, 5) is 4.29. The monoisotopic (exact) mass is 292 g/mol. The molecule has 5 heteroatoms. The summed E-state index contributed by atoms with van der Waals surface area (Å²) in [5.74, 6) is -0.0265. The average Bonchev–Trinajstić information content (AvgIpc) is 3.17. The third-order valence-corrected chi connectivity index (χ3v) is 4.13. The number of nitrogens with zero attached hydrogens (tertiary/aromatic N) is 1. The van der Waals surface area contributed by atoms with Crippen LogP contribution in [0.3, 0.4) is 0 Å². The average molecular weight is 292 g/mol. The highest BCUT2D eigenvalue weighted by molar-refractivity contribution is 7.09. The summed E-state index contributed by atoms with van der Waals surface area (Å²) in [6, 6.07) is 5.76. The van der Waals surface area contributed by atoms with Gasteiger partial charge in [-0.3, -0.25) is 0 Å². The number of aromatic nitrogens is 1. The Morgan fingerprint density at radius 2 is 2.30 bits per heavy atom. The largest absolute Gasteiger partial charge is 0.483 e. The molecule has 1 N–H and O–H groups in total. The molecule has 2 aromatic rings. The molecule has 0 bridgehead atoms. The highest BCUT2D eigenvalue weighted by atomic mass is 32.1. The number of rotatable bonds is 6. The standard InChI is InChI=1S/C15H17FN2OS/c1-10-9-20-15(18-10)8-19-14-5-2-11(6-13(14)16)7-17-12-3-4-12/h2,5-6,9,12,17H,3-4,7-8H2,1H3. The molecule has 3 nitrogen and oxygen atoms in total. The maximum Gasteiger partial charge on any atom is 0.165 e. The maximum atomic E-state index is 13.9. The molecule has 1 aliphatic carbocycles. The number of nitrogens with one attached hydrogen (secondary N) is 1. The Bertz CT molecular complexity index is 595. The zero-order chi connectivity index (χ0) is 13.9. The van der Waals surface area contributed by atoms with Crippen molar-refractivity contribution in [2.45, 2.75) is 39.0 Å². The molecule has 0 atom stereocenters. The van der Waals surface area contributed by atoms with Crippen LogP contribution in [0.5, 0.6) is 5.75 Å². The SMILES string of the molecule is Cc1csc(COc2ccc(CNC3CC3)cc2F)n1. The second-order valence-corrected chi connectivity index (χ2v) is 6.03. The first-order chi connectivity index (χ1) is 9.70. The summed E-state index contributed by atoms with van der Waals surface area (Å²) in [6.45, 7) is 2.96. The zero-order valence-electron chi connectivity index (χ0n) is 11.4. The molecule has 1 saturated carbocycles. The van der Waals surface area contributed by atoms with Crippen molar-refractivity contribution in [2.24, 2.45) is 0 Å². The number of halogens is 1. The van der Waals surface area contributed by atoms with E-state index >= 15 is 0 Å². The Morgan fingerprint density at radius 1 is 1.45 bits per heavy atom. The summed E-state index contributed by atoms with van der Waals surface area (Å²) in [6.07, 6.45) is 2.47. The Hall–Kier alpha value is -1.46. The number of benzene rings is 1. The number of hydrogen-bond acceptors (Lipinski definition) is 4. The van der Waals surface area contributed by atoms with Crippen molar-refractivity contribution < 1.29 is 9.13 Å². The molecule has 0 saturated heterocycles. The minimum atomic E-state index is -0.312. The van der Waals surface area contributed by atoms with E-state index in [-0.39, 0.29) is 11.6 Å². The fraction of sp³-hybridized carbons (Fsp3) is 0.400. The lowest BCUT2D eigenvalue weighted by Crippen LogP contribution is -2.15. The number of ether oxygens (including phenoxy) is 1. The van der Waals surface area contributed by atoms with E-state index in [0.717, 1.165) is 16.3 Å². The lowest BCUT2D eigenvalue weighted by molar-refractivity contribution is 0.289. The molecule has 1 aromatic carbocycles. The quantitative estimate of drug-likeness (QED) is 0.886. The van der Waals surface area contributed by atoms with Gasteiger partial charge in [0.25, 0.3) is 0 Å². The van der Waals surface area contributed by atoms with Crippen LogP contribution in [0.1, 0.15) is 29.1 Å². The van der Waals surface area contributed by atoms with Gasteiger partial charge < -0.3 is 10.1 Å². The van der Waals surface area contributed by atoms with Gasteiger partial charge in [-0.25, -0.2) is 9.37 Å². The molecule has 20 heavy (non-hydrogen) atoms. The van der Waals surface area contributed by atoms with Crippen LogP contribution < -0.4 is 10.1 Å². The van der Waals surface area contributed by atoms with Crippen molar-refractivity contribution in [2.75, 3.05) is 0 Å². The first-order valence-corrected chi connectivity index (χ1v) is 7.64. The van der Waals surface area contributed by atoms with Gasteiger partial charge >= 0.3 is 0 Å². The lowest BCUT2D eigenvalue weighted by Gasteiger charge is -2.08. The molecule has 1 aromatic heterocycles. The van der Waals surface area contributed by atoms with Gasteiger partial charge in [-0.05, 0) is 37.5 Å². The van der Waals surface area contributed by atoms with Crippen molar-refractivity contribution in [3.05, 3.63) is 45.7 Å². The highest BCUT2D eigenvalue weighted by Gasteiger charge is 2.20. The third-order valence-electron chi connectivity index (χ3n) is 3.19. The van der Waals surface area contributed by atoms with Crippen LogP contribution in [0.4, 0.5) is 4.39 Å². The highest BCUT2D eigenvalue weighted by Crippen LogP contribution is 2.22. The van der Waals surface area contributed by atoms with E-state index in [0.29, 0.717) is 19.2 Å². The third kappa shape index (κ3) is 3.55. The van der Waals surface area contributed by atoms with Gasteiger partial charge in [0.2, 0.25) is 0 Å². The molecule has 106 valence electrons. The van der Waals surface area contributed by atoms with E-state index in [2.05, 4.69) is 10.3 Å². The Balaban J connectivity index is 1.58. The molecule has 1 aliphatic rings. The second kappa shape index (κ2) is 5.89. The lowest BCUT2D eigenvalue weighted by atomic mass is 10.2. The van der Waals surface area contributed by atoms with E-state index in [9.17, 15) is 4.39 Å². The molecule has 0 spiro atoms. The summed E-state index contributed by atoms with van der Waals surface area (Å²) in [7, 11) is 0. The Morgan fingerprint density at radius 3 is 2.95 bits per heavy atom. The number of thiazole rings is 1. The second-order valence-electron chi connectivity index (χ2n) is 5.09. The molecule has 0 amide bonds. The molecule has 3 rings (SSSR count). The van der Waals surface area contributed by atoms with Gasteiger partial charge in [-0.15, -0.1) is 11.3 Å². The number of aryl methyl sites for hydroxylation is 1. The predicted octanol–water partition coefficient (Wildman–Crippen LogP) is 3.42. The van der Waals surface area contributed by atoms with Gasteiger partial charge in [0.15, 0.2) is 11.6 Å². The van der Waals surface area contributed by atoms with Crippen LogP contribution in [0.15, 0.2) is 23.6 Å². The molecule has 1 fully saturated rings. The van der Waals surface area contributed by atoms with Crippen molar-refractivity contribution in [3.63, 3.8) is 0 Å². The fourth-order valence-electron chi connectivity index (χ4n) is 1.93. The summed E-state index contributed by atoms with van der Waals surface area (Å²) < 4.78 is 19.4. The summed E-state index contributed by atoms with van der Waals surface area (Å²) >= 11 is 1.53. The molecular weight excluding hydrogens is 275 g/mol. The Labute approximate surface area is 121 Å². The van der Waals surface area contributed by atoms with E-state index in [1.165, 1.54) is 30.2 Å². The first-order valence-electron chi connectivity index (χ1n) is 6.76. The van der Waals surface area contributed by atoms with Crippen molar-refractivity contribution >= 4 is 11.3 Å². The maximum absolute atomic E-state index is 13.9. The van der Waals surface area contributed by atoms with E-state index in [1.54, 1.807) is 6.07 Å². The topological polar surface area (TPSA) is 34.1 Å². The number of hydrogen-bond donors (Lipinski definition) is 1. The van der Waals surface area contributed by atoms with Crippen LogP contribution in [0, 0.1) is 12.7 Å². The van der Waals surface area contributed by atoms with Crippen molar-refractivity contribution in [1.82, 2.24) is 10.3 Å². The van der Waals surface area contributed by atoms with Gasteiger partial charge in [-0.1, -0.05) is 6.07 Å². The first kappa shape index (κ1) is 13.5. The van der Waals surface area contributed by atoms with Gasteiger partial charge in [0, 0.05) is 23.7 Å². The molecular formula is C15H17FN2OS. The van der Waals surface area contributed by atoms with Gasteiger partial charge in [0.05, 0.1) is 0 Å². The summed E-state index contributed by atoms with van der Waals surface area (Å²) in [5.41, 5.74) is 1.92. The van der Waals surface area contributed by atoms with Crippen molar-refractivity contribution in [1.29, 1.82) is 0 Å². The van der Waals surface area contributed by atoms with Gasteiger partial charge in [-0.2, -0.15) is 0 Å². The molecule has 0 radical (unpaired) electrons. The van der Waals surface area contributed by atoms with E-state index in [4.69, 9.17) is 4.74 Å². The van der Waals surface area contributed by atoms with E-state index < -0.39 is 0 Å². The van der Waals surface area contributed by atoms with Crippen LogP contribution in [-0.4, -0.2) is 11.0 Å². The van der Waals surface area contributed by atoms with E-state index in [1.807, 2.05) is 18.4 Å².